The average Bonchev–Trinajstić information content (AvgIpc) is 2.47. The maximum absolute atomic E-state index is 10.1. The van der Waals surface area contributed by atoms with Crippen LogP contribution in [0.25, 0.3) is 0 Å². The lowest BCUT2D eigenvalue weighted by molar-refractivity contribution is -0.139. The lowest BCUT2D eigenvalue weighted by Gasteiger charge is -2.03. The normalized spacial score (nSPS) is 11.4. The fraction of sp³-hybridized carbons (Fsp3) is 0.786. The van der Waals surface area contributed by atoms with Crippen LogP contribution in [0.15, 0.2) is 0 Å². The highest BCUT2D eigenvalue weighted by Gasteiger charge is 2.09. The molecule has 11 N–H and O–H groups in total. The second-order valence-electron chi connectivity index (χ2n) is 4.98. The van der Waals surface area contributed by atoms with Crippen LogP contribution in [-0.4, -0.2) is 58.4 Å². The van der Waals surface area contributed by atoms with Crippen molar-refractivity contribution in [1.29, 1.82) is 0 Å². The van der Waals surface area contributed by atoms with Crippen LogP contribution in [0.5, 0.6) is 0 Å². The Kier molecular flexibility index (Phi) is 28.2. The summed E-state index contributed by atoms with van der Waals surface area (Å²) < 4.78 is 0. The van der Waals surface area contributed by atoms with Gasteiger partial charge in [0.05, 0.1) is 0 Å². The van der Waals surface area contributed by atoms with Crippen LogP contribution in [0.2, 0.25) is 0 Å². The van der Waals surface area contributed by atoms with Gasteiger partial charge >= 0.3 is 11.9 Å². The summed E-state index contributed by atoms with van der Waals surface area (Å²) in [5, 5.41) is 24.1. The van der Waals surface area contributed by atoms with Crippen molar-refractivity contribution in [3.05, 3.63) is 0 Å². The first-order valence-electron chi connectivity index (χ1n) is 7.66. The number of carboxylic acid groups (broad SMARTS) is 3. The lowest BCUT2D eigenvalue weighted by atomic mass is 10.1. The average molecular weight is 389 g/mol. The van der Waals surface area contributed by atoms with Gasteiger partial charge < -0.3 is 38.3 Å². The van der Waals surface area contributed by atoms with Gasteiger partial charge in [0.2, 0.25) is 0 Å². The van der Waals surface area contributed by atoms with Gasteiger partial charge in [-0.2, -0.15) is 0 Å². The Balaban J connectivity index is -0.000000141. The van der Waals surface area contributed by atoms with E-state index >= 15 is 0 Å². The molecule has 2 unspecified atom stereocenters. The number of rotatable bonds is 10. The molecule has 0 aromatic rings. The number of aliphatic carboxylic acids is 3. The van der Waals surface area contributed by atoms with Gasteiger partial charge in [0.25, 0.3) is 5.97 Å². The molecule has 0 bridgehead atoms. The van der Waals surface area contributed by atoms with Crippen LogP contribution in [0, 0.1) is 0 Å². The first-order valence-corrected chi connectivity index (χ1v) is 7.66. The van der Waals surface area contributed by atoms with Crippen LogP contribution in [-0.2, 0) is 14.4 Å². The third-order valence-electron chi connectivity index (χ3n) is 2.57. The fourth-order valence-corrected chi connectivity index (χ4v) is 1.26. The number of halogens is 1. The molecule has 0 heterocycles. The molecule has 152 valence electrons. The molecule has 0 aromatic heterocycles. The Morgan fingerprint density at radius 2 is 1.00 bits per heavy atom. The maximum Gasteiger partial charge on any atom is 0.320 e. The molecule has 10 nitrogen and oxygen atoms in total. The van der Waals surface area contributed by atoms with E-state index in [9.17, 15) is 9.59 Å². The summed E-state index contributed by atoms with van der Waals surface area (Å²) in [5.41, 5.74) is 20.8. The third-order valence-corrected chi connectivity index (χ3v) is 2.57. The molecular weight excluding hydrogens is 356 g/mol. The minimum Gasteiger partial charge on any atom is -0.481 e. The molecular formula is C14H33ClN4O6. The lowest BCUT2D eigenvalue weighted by Crippen LogP contribution is -2.29. The van der Waals surface area contributed by atoms with Gasteiger partial charge in [-0.25, -0.2) is 0 Å². The number of carbonyl (C=O) groups is 3. The number of nitrogens with two attached hydrogens (primary N) is 4. The molecule has 0 saturated carbocycles. The van der Waals surface area contributed by atoms with Crippen LogP contribution in [0.4, 0.5) is 0 Å². The number of carboxylic acids is 3. The van der Waals surface area contributed by atoms with Crippen molar-refractivity contribution in [3.63, 3.8) is 0 Å². The van der Waals surface area contributed by atoms with Crippen LogP contribution < -0.4 is 22.9 Å². The summed E-state index contributed by atoms with van der Waals surface area (Å²) >= 11 is 0. The standard InChI is InChI=1S/2C6H14N2O2.C2H4O2.ClH/c2*7-4-2-1-3-5(8)6(9)10;1-2(3)4;/h2*5H,1-4,7-8H2,(H,9,10);1H3,(H,3,4);1H. The summed E-state index contributed by atoms with van der Waals surface area (Å²) in [4.78, 5) is 29.3. The molecule has 0 aliphatic heterocycles. The highest BCUT2D eigenvalue weighted by atomic mass is 35.5. The summed E-state index contributed by atoms with van der Waals surface area (Å²) in [5.74, 6) is -2.70. The molecule has 25 heavy (non-hydrogen) atoms. The quantitative estimate of drug-likeness (QED) is 0.239. The van der Waals surface area contributed by atoms with Crippen molar-refractivity contribution in [2.24, 2.45) is 22.9 Å². The summed E-state index contributed by atoms with van der Waals surface area (Å²) in [6.07, 6.45) is 4.33. The van der Waals surface area contributed by atoms with E-state index in [2.05, 4.69) is 0 Å². The van der Waals surface area contributed by atoms with E-state index in [-0.39, 0.29) is 12.4 Å². The van der Waals surface area contributed by atoms with E-state index in [1.807, 2.05) is 0 Å². The summed E-state index contributed by atoms with van der Waals surface area (Å²) in [6, 6.07) is -1.43. The van der Waals surface area contributed by atoms with Crippen molar-refractivity contribution >= 4 is 30.3 Å². The van der Waals surface area contributed by atoms with E-state index in [1.165, 1.54) is 0 Å². The number of unbranched alkanes of at least 4 members (excludes halogenated alkanes) is 2. The van der Waals surface area contributed by atoms with Crippen molar-refractivity contribution in [2.75, 3.05) is 13.1 Å². The minimum absolute atomic E-state index is 0. The Morgan fingerprint density at radius 3 is 1.16 bits per heavy atom. The molecule has 0 aliphatic carbocycles. The zero-order chi connectivity index (χ0) is 19.5. The van der Waals surface area contributed by atoms with Crippen LogP contribution in [0.1, 0.15) is 45.4 Å². The van der Waals surface area contributed by atoms with E-state index in [0.717, 1.165) is 32.6 Å². The Bertz CT molecular complexity index is 317. The van der Waals surface area contributed by atoms with Gasteiger partial charge in [-0.3, -0.25) is 14.4 Å². The van der Waals surface area contributed by atoms with Gasteiger partial charge in [-0.05, 0) is 38.8 Å². The van der Waals surface area contributed by atoms with Gasteiger partial charge in [0.15, 0.2) is 0 Å². The Labute approximate surface area is 154 Å². The number of hydrogen-bond donors (Lipinski definition) is 7. The highest BCUT2D eigenvalue weighted by Crippen LogP contribution is 1.97. The Morgan fingerprint density at radius 1 is 0.760 bits per heavy atom. The highest BCUT2D eigenvalue weighted by molar-refractivity contribution is 5.85. The van der Waals surface area contributed by atoms with Crippen molar-refractivity contribution < 1.29 is 29.7 Å². The van der Waals surface area contributed by atoms with E-state index in [1.54, 1.807) is 0 Å². The van der Waals surface area contributed by atoms with Crippen molar-refractivity contribution in [1.82, 2.24) is 0 Å². The van der Waals surface area contributed by atoms with Gasteiger partial charge in [-0.15, -0.1) is 12.4 Å². The Hall–Kier alpha value is -1.46. The predicted molar refractivity (Wildman–Crippen MR) is 97.6 cm³/mol. The smallest absolute Gasteiger partial charge is 0.320 e. The van der Waals surface area contributed by atoms with E-state index < -0.39 is 30.0 Å². The second kappa shape index (κ2) is 22.5. The molecule has 0 saturated heterocycles. The molecule has 2 atom stereocenters. The molecule has 0 aliphatic rings. The monoisotopic (exact) mass is 388 g/mol. The molecule has 0 spiro atoms. The van der Waals surface area contributed by atoms with Crippen LogP contribution >= 0.6 is 12.4 Å². The molecule has 0 aromatic carbocycles. The summed E-state index contributed by atoms with van der Waals surface area (Å²) in [7, 11) is 0. The third kappa shape index (κ3) is 34.8. The zero-order valence-electron chi connectivity index (χ0n) is 14.6. The predicted octanol–water partition coefficient (Wildman–Crippen LogP) is -0.433. The van der Waals surface area contributed by atoms with E-state index in [0.29, 0.717) is 25.9 Å². The zero-order valence-corrected chi connectivity index (χ0v) is 15.4. The topological polar surface area (TPSA) is 216 Å². The number of hydrogen-bond acceptors (Lipinski definition) is 7. The molecule has 0 fully saturated rings. The summed E-state index contributed by atoms with van der Waals surface area (Å²) in [6.45, 7) is 2.29. The van der Waals surface area contributed by atoms with Crippen molar-refractivity contribution in [3.8, 4) is 0 Å². The largest absolute Gasteiger partial charge is 0.481 e. The SMILES string of the molecule is CC(=O)O.Cl.NCCCCC(N)C(=O)O.NCCCCC(N)C(=O)O. The van der Waals surface area contributed by atoms with E-state index in [4.69, 9.17) is 43.0 Å². The second-order valence-corrected chi connectivity index (χ2v) is 4.98. The first kappa shape index (κ1) is 31.3. The molecule has 0 amide bonds. The van der Waals surface area contributed by atoms with Crippen LogP contribution in [0.3, 0.4) is 0 Å². The maximum atomic E-state index is 10.1. The fourth-order valence-electron chi connectivity index (χ4n) is 1.26. The molecule has 0 radical (unpaired) electrons. The van der Waals surface area contributed by atoms with Gasteiger partial charge in [0.1, 0.15) is 12.1 Å². The van der Waals surface area contributed by atoms with Crippen molar-refractivity contribution in [2.45, 2.75) is 57.5 Å². The molecule has 0 rings (SSSR count). The van der Waals surface area contributed by atoms with Gasteiger partial charge in [0, 0.05) is 6.92 Å². The first-order chi connectivity index (χ1) is 11.1. The minimum atomic E-state index is -0.933. The molecule has 11 heteroatoms. The van der Waals surface area contributed by atoms with Gasteiger partial charge in [-0.1, -0.05) is 12.8 Å².